The van der Waals surface area contributed by atoms with E-state index >= 15 is 0 Å². The highest BCUT2D eigenvalue weighted by molar-refractivity contribution is 7.86. The zero-order valence-corrected chi connectivity index (χ0v) is 14.3. The van der Waals surface area contributed by atoms with E-state index in [1.807, 2.05) is 12.1 Å². The second kappa shape index (κ2) is 6.35. The van der Waals surface area contributed by atoms with Gasteiger partial charge in [-0.05, 0) is 25.0 Å². The molecule has 3 heterocycles. The van der Waals surface area contributed by atoms with Crippen molar-refractivity contribution in [2.75, 3.05) is 33.8 Å². The maximum Gasteiger partial charge on any atom is 0.281 e. The molecule has 1 atom stereocenters. The van der Waals surface area contributed by atoms with Crippen molar-refractivity contribution in [1.82, 2.24) is 13.6 Å². The van der Waals surface area contributed by atoms with Gasteiger partial charge in [-0.1, -0.05) is 0 Å². The molecule has 2 aliphatic rings. The molecule has 0 bridgehead atoms. The molecule has 0 aromatic carbocycles. The van der Waals surface area contributed by atoms with Crippen LogP contribution in [-0.4, -0.2) is 67.5 Å². The molecule has 0 aliphatic carbocycles. The summed E-state index contributed by atoms with van der Waals surface area (Å²) in [6, 6.07) is 3.72. The fraction of sp³-hybridized carbons (Fsp3) is 0.667. The lowest BCUT2D eigenvalue weighted by atomic mass is 9.89. The van der Waals surface area contributed by atoms with Crippen LogP contribution in [0.1, 0.15) is 19.3 Å². The van der Waals surface area contributed by atoms with Crippen LogP contribution in [0.5, 0.6) is 5.75 Å². The molecular weight excluding hydrogens is 318 g/mol. The first kappa shape index (κ1) is 16.6. The van der Waals surface area contributed by atoms with Crippen LogP contribution in [0.4, 0.5) is 0 Å². The highest BCUT2D eigenvalue weighted by Gasteiger charge is 2.45. The Kier molecular flexibility index (Phi) is 4.59. The fourth-order valence-electron chi connectivity index (χ4n) is 3.19. The zero-order chi connectivity index (χ0) is 16.5. The second-order valence-corrected chi connectivity index (χ2v) is 8.46. The second-order valence-electron chi connectivity index (χ2n) is 6.32. The molecule has 8 heteroatoms. The van der Waals surface area contributed by atoms with Gasteiger partial charge in [0, 0.05) is 39.8 Å². The molecule has 2 fully saturated rings. The first-order valence-electron chi connectivity index (χ1n) is 7.80. The Balaban J connectivity index is 1.57. The predicted octanol–water partition coefficient (Wildman–Crippen LogP) is 0.890. The van der Waals surface area contributed by atoms with Crippen LogP contribution >= 0.6 is 0 Å². The van der Waals surface area contributed by atoms with Gasteiger partial charge in [0.2, 0.25) is 0 Å². The number of rotatable bonds is 4. The Morgan fingerprint density at radius 2 is 2.13 bits per heavy atom. The van der Waals surface area contributed by atoms with Gasteiger partial charge in [0.25, 0.3) is 10.2 Å². The van der Waals surface area contributed by atoms with E-state index in [9.17, 15) is 8.42 Å². The van der Waals surface area contributed by atoms with Gasteiger partial charge in [0.05, 0.1) is 18.4 Å². The van der Waals surface area contributed by atoms with Crippen molar-refractivity contribution >= 4 is 10.2 Å². The smallest absolute Gasteiger partial charge is 0.281 e. The summed E-state index contributed by atoms with van der Waals surface area (Å²) in [5, 5.41) is 0. The minimum atomic E-state index is -3.34. The molecule has 0 amide bonds. The van der Waals surface area contributed by atoms with E-state index in [2.05, 4.69) is 4.98 Å². The molecular formula is C15H23N3O4S. The summed E-state index contributed by atoms with van der Waals surface area (Å²) in [6.45, 7) is 1.51. The topological polar surface area (TPSA) is 72.0 Å². The lowest BCUT2D eigenvalue weighted by molar-refractivity contribution is -0.0325. The average Bonchev–Trinajstić information content (AvgIpc) is 2.91. The van der Waals surface area contributed by atoms with Crippen molar-refractivity contribution in [3.63, 3.8) is 0 Å². The maximum atomic E-state index is 12.2. The number of aromatic nitrogens is 1. The van der Waals surface area contributed by atoms with E-state index in [4.69, 9.17) is 9.47 Å². The molecule has 23 heavy (non-hydrogen) atoms. The van der Waals surface area contributed by atoms with Crippen LogP contribution in [-0.2, 0) is 14.9 Å². The molecule has 3 rings (SSSR count). The summed E-state index contributed by atoms with van der Waals surface area (Å²) in [5.74, 6) is 0.741. The van der Waals surface area contributed by atoms with Crippen molar-refractivity contribution in [3.05, 3.63) is 24.5 Å². The first-order valence-corrected chi connectivity index (χ1v) is 9.19. The summed E-state index contributed by atoms with van der Waals surface area (Å²) in [4.78, 5) is 4.04. The molecule has 0 N–H and O–H groups in total. The first-order chi connectivity index (χ1) is 10.9. The van der Waals surface area contributed by atoms with Gasteiger partial charge >= 0.3 is 0 Å². The Hall–Kier alpha value is -1.22. The van der Waals surface area contributed by atoms with E-state index in [0.717, 1.165) is 12.2 Å². The summed E-state index contributed by atoms with van der Waals surface area (Å²) in [5.41, 5.74) is -0.259. The van der Waals surface area contributed by atoms with Crippen LogP contribution in [0, 0.1) is 0 Å². The van der Waals surface area contributed by atoms with E-state index in [0.29, 0.717) is 32.5 Å². The van der Waals surface area contributed by atoms with Crippen LogP contribution in [0.15, 0.2) is 24.5 Å². The molecule has 0 unspecified atom stereocenters. The van der Waals surface area contributed by atoms with Crippen molar-refractivity contribution in [2.24, 2.45) is 0 Å². The number of hydrogen-bond donors (Lipinski definition) is 0. The van der Waals surface area contributed by atoms with E-state index in [-0.39, 0.29) is 11.7 Å². The Morgan fingerprint density at radius 3 is 2.74 bits per heavy atom. The number of pyridine rings is 1. The zero-order valence-electron chi connectivity index (χ0n) is 13.5. The van der Waals surface area contributed by atoms with Gasteiger partial charge in [0.15, 0.2) is 0 Å². The van der Waals surface area contributed by atoms with Gasteiger partial charge in [0.1, 0.15) is 11.9 Å². The van der Waals surface area contributed by atoms with Crippen molar-refractivity contribution < 1.29 is 17.9 Å². The van der Waals surface area contributed by atoms with Crippen LogP contribution in [0.2, 0.25) is 0 Å². The molecule has 128 valence electrons. The normalized spacial score (nSPS) is 25.1. The molecule has 0 radical (unpaired) electrons. The predicted molar refractivity (Wildman–Crippen MR) is 85.4 cm³/mol. The SMILES string of the molecule is CN(C)S(=O)(=O)N1CCC2(CC1)C[C@H](Oc1cccnc1)CO2. The molecule has 2 saturated heterocycles. The lowest BCUT2D eigenvalue weighted by Gasteiger charge is -2.38. The third-order valence-electron chi connectivity index (χ3n) is 4.53. The van der Waals surface area contributed by atoms with Crippen molar-refractivity contribution in [3.8, 4) is 5.75 Å². The van der Waals surface area contributed by atoms with E-state index < -0.39 is 10.2 Å². The van der Waals surface area contributed by atoms with Gasteiger partial charge in [-0.25, -0.2) is 0 Å². The number of ether oxygens (including phenoxy) is 2. The maximum absolute atomic E-state index is 12.2. The standard InChI is InChI=1S/C15H23N3O4S/c1-17(2)23(19,20)18-8-5-15(6-9-18)10-14(12-21-15)22-13-4-3-7-16-11-13/h3-4,7,11,14H,5-6,8-10,12H2,1-2H3/t14-/m0/s1. The third kappa shape index (κ3) is 3.50. The summed E-state index contributed by atoms with van der Waals surface area (Å²) < 4.78 is 39.0. The molecule has 7 nitrogen and oxygen atoms in total. The van der Waals surface area contributed by atoms with Gasteiger partial charge in [-0.2, -0.15) is 17.0 Å². The number of piperidine rings is 1. The Morgan fingerprint density at radius 1 is 1.39 bits per heavy atom. The Bertz CT molecular complexity index is 627. The summed E-state index contributed by atoms with van der Waals surface area (Å²) in [6.07, 6.45) is 5.59. The third-order valence-corrected chi connectivity index (χ3v) is 6.47. The largest absolute Gasteiger partial charge is 0.486 e. The summed E-state index contributed by atoms with van der Waals surface area (Å²) in [7, 11) is -0.219. The average molecular weight is 341 g/mol. The summed E-state index contributed by atoms with van der Waals surface area (Å²) >= 11 is 0. The monoisotopic (exact) mass is 341 g/mol. The lowest BCUT2D eigenvalue weighted by Crippen LogP contribution is -2.49. The van der Waals surface area contributed by atoms with Crippen LogP contribution in [0.3, 0.4) is 0 Å². The van der Waals surface area contributed by atoms with E-state index in [1.165, 1.54) is 8.61 Å². The van der Waals surface area contributed by atoms with Gasteiger partial charge in [-0.3, -0.25) is 4.98 Å². The molecule has 1 aromatic rings. The van der Waals surface area contributed by atoms with Crippen molar-refractivity contribution in [1.29, 1.82) is 0 Å². The molecule has 1 aromatic heterocycles. The quantitative estimate of drug-likeness (QED) is 0.813. The van der Waals surface area contributed by atoms with Crippen LogP contribution < -0.4 is 4.74 Å². The molecule has 0 saturated carbocycles. The minimum Gasteiger partial charge on any atom is -0.486 e. The number of hydrogen-bond acceptors (Lipinski definition) is 5. The van der Waals surface area contributed by atoms with Gasteiger partial charge < -0.3 is 9.47 Å². The highest BCUT2D eigenvalue weighted by Crippen LogP contribution is 2.38. The number of nitrogens with zero attached hydrogens (tertiary/aromatic N) is 3. The fourth-order valence-corrected chi connectivity index (χ4v) is 4.30. The highest BCUT2D eigenvalue weighted by atomic mass is 32.2. The minimum absolute atomic E-state index is 0.00351. The molecule has 2 aliphatic heterocycles. The molecule has 1 spiro atoms. The Labute approximate surface area is 137 Å². The van der Waals surface area contributed by atoms with Crippen LogP contribution in [0.25, 0.3) is 0 Å². The van der Waals surface area contributed by atoms with Crippen molar-refractivity contribution in [2.45, 2.75) is 31.0 Å². The van der Waals surface area contributed by atoms with Gasteiger partial charge in [-0.15, -0.1) is 0 Å². The van der Waals surface area contributed by atoms with E-state index in [1.54, 1.807) is 26.5 Å².